The van der Waals surface area contributed by atoms with Crippen molar-refractivity contribution in [2.45, 2.75) is 18.3 Å². The summed E-state index contributed by atoms with van der Waals surface area (Å²) >= 11 is 5.88. The van der Waals surface area contributed by atoms with E-state index in [1.54, 1.807) is 0 Å². The first kappa shape index (κ1) is 10.9. The summed E-state index contributed by atoms with van der Waals surface area (Å²) in [4.78, 5) is 0. The number of hydrogen-bond donors (Lipinski definition) is 2. The second kappa shape index (κ2) is 4.52. The minimum absolute atomic E-state index is 0.110. The van der Waals surface area contributed by atoms with Crippen LogP contribution in [0, 0.1) is 0 Å². The molecule has 2 nitrogen and oxygen atoms in total. The highest BCUT2D eigenvalue weighted by molar-refractivity contribution is 6.30. The number of benzene rings is 1. The third-order valence-electron chi connectivity index (χ3n) is 3.29. The lowest BCUT2D eigenvalue weighted by Gasteiger charge is -2.28. The summed E-state index contributed by atoms with van der Waals surface area (Å²) in [5, 5.41) is 13.3. The van der Waals surface area contributed by atoms with E-state index in [-0.39, 0.29) is 12.0 Å². The second-order valence-corrected chi connectivity index (χ2v) is 4.62. The van der Waals surface area contributed by atoms with Crippen molar-refractivity contribution in [3.63, 3.8) is 0 Å². The van der Waals surface area contributed by atoms with Crippen LogP contribution in [0.5, 0.6) is 0 Å². The summed E-state index contributed by atoms with van der Waals surface area (Å²) < 4.78 is 0. The van der Waals surface area contributed by atoms with Gasteiger partial charge in [0.2, 0.25) is 0 Å². The predicted molar refractivity (Wildman–Crippen MR) is 62.3 cm³/mol. The second-order valence-electron chi connectivity index (χ2n) is 4.19. The molecule has 1 aliphatic rings. The largest absolute Gasteiger partial charge is 0.396 e. The van der Waals surface area contributed by atoms with Crippen LogP contribution in [0.25, 0.3) is 0 Å². The van der Waals surface area contributed by atoms with Crippen molar-refractivity contribution in [3.05, 3.63) is 34.9 Å². The summed E-state index contributed by atoms with van der Waals surface area (Å²) in [5.41, 5.74) is 1.39. The molecule has 1 unspecified atom stereocenters. The number of nitrogens with one attached hydrogen (secondary N) is 1. The Morgan fingerprint density at radius 3 is 2.60 bits per heavy atom. The van der Waals surface area contributed by atoms with Gasteiger partial charge in [0.15, 0.2) is 0 Å². The molecular weight excluding hydrogens is 210 g/mol. The molecule has 0 amide bonds. The minimum atomic E-state index is 0.110. The van der Waals surface area contributed by atoms with E-state index in [4.69, 9.17) is 16.7 Å². The molecule has 3 heteroatoms. The zero-order valence-electron chi connectivity index (χ0n) is 8.67. The van der Waals surface area contributed by atoms with Crippen molar-refractivity contribution in [2.24, 2.45) is 0 Å². The van der Waals surface area contributed by atoms with Gasteiger partial charge in [-0.2, -0.15) is 0 Å². The van der Waals surface area contributed by atoms with Crippen LogP contribution in [0.4, 0.5) is 0 Å². The highest BCUT2D eigenvalue weighted by Crippen LogP contribution is 2.34. The van der Waals surface area contributed by atoms with Crippen LogP contribution >= 0.6 is 11.6 Å². The van der Waals surface area contributed by atoms with E-state index in [0.29, 0.717) is 0 Å². The van der Waals surface area contributed by atoms with Gasteiger partial charge in [-0.3, -0.25) is 0 Å². The fourth-order valence-electron chi connectivity index (χ4n) is 2.37. The maximum absolute atomic E-state index is 9.15. The number of aliphatic hydroxyl groups is 1. The van der Waals surface area contributed by atoms with Crippen molar-refractivity contribution in [2.75, 3.05) is 19.7 Å². The first-order valence-electron chi connectivity index (χ1n) is 5.34. The Kier molecular flexibility index (Phi) is 3.29. The monoisotopic (exact) mass is 225 g/mol. The molecule has 0 bridgehead atoms. The van der Waals surface area contributed by atoms with E-state index in [0.717, 1.165) is 31.0 Å². The summed E-state index contributed by atoms with van der Waals surface area (Å²) in [7, 11) is 0. The van der Waals surface area contributed by atoms with Crippen LogP contribution in [-0.2, 0) is 5.41 Å². The summed E-state index contributed by atoms with van der Waals surface area (Å²) in [6, 6.07) is 8.00. The molecule has 0 aliphatic carbocycles. The SMILES string of the molecule is OCCC1(c2ccc(Cl)cc2)CCNC1. The van der Waals surface area contributed by atoms with Crippen LogP contribution in [0.1, 0.15) is 18.4 Å². The van der Waals surface area contributed by atoms with Crippen molar-refractivity contribution < 1.29 is 5.11 Å². The van der Waals surface area contributed by atoms with Crippen molar-refractivity contribution in [3.8, 4) is 0 Å². The van der Waals surface area contributed by atoms with Gasteiger partial charge in [0.05, 0.1) is 0 Å². The van der Waals surface area contributed by atoms with E-state index in [2.05, 4.69) is 17.4 Å². The predicted octanol–water partition coefficient (Wildman–Crippen LogP) is 1.95. The van der Waals surface area contributed by atoms with E-state index >= 15 is 0 Å². The Bertz CT molecular complexity index is 317. The molecule has 2 rings (SSSR count). The zero-order chi connectivity index (χ0) is 10.7. The van der Waals surface area contributed by atoms with Gasteiger partial charge in [-0.05, 0) is 37.1 Å². The molecule has 1 fully saturated rings. The maximum atomic E-state index is 9.15. The lowest BCUT2D eigenvalue weighted by molar-refractivity contribution is 0.244. The molecular formula is C12H16ClNO. The van der Waals surface area contributed by atoms with Crippen LogP contribution in [0.15, 0.2) is 24.3 Å². The van der Waals surface area contributed by atoms with Crippen LogP contribution < -0.4 is 5.32 Å². The standard InChI is InChI=1S/C12H16ClNO/c13-11-3-1-10(2-4-11)12(6-8-15)5-7-14-9-12/h1-4,14-15H,5-9H2. The molecule has 1 saturated heterocycles. The Labute approximate surface area is 95.3 Å². The van der Waals surface area contributed by atoms with Crippen molar-refractivity contribution in [1.82, 2.24) is 5.32 Å². The average molecular weight is 226 g/mol. The molecule has 1 aromatic rings. The summed E-state index contributed by atoms with van der Waals surface area (Å²) in [5.74, 6) is 0. The summed E-state index contributed by atoms with van der Waals surface area (Å²) in [6.45, 7) is 2.22. The molecule has 0 saturated carbocycles. The van der Waals surface area contributed by atoms with Gasteiger partial charge >= 0.3 is 0 Å². The van der Waals surface area contributed by atoms with Gasteiger partial charge < -0.3 is 10.4 Å². The van der Waals surface area contributed by atoms with Gasteiger partial charge in [0.25, 0.3) is 0 Å². The smallest absolute Gasteiger partial charge is 0.0440 e. The van der Waals surface area contributed by atoms with Crippen LogP contribution in [-0.4, -0.2) is 24.8 Å². The third-order valence-corrected chi connectivity index (χ3v) is 3.54. The highest BCUT2D eigenvalue weighted by atomic mass is 35.5. The number of rotatable bonds is 3. The Hall–Kier alpha value is -0.570. The Morgan fingerprint density at radius 1 is 1.33 bits per heavy atom. The molecule has 0 aromatic heterocycles. The molecule has 1 aliphatic heterocycles. The fraction of sp³-hybridized carbons (Fsp3) is 0.500. The quantitative estimate of drug-likeness (QED) is 0.824. The lowest BCUT2D eigenvalue weighted by Crippen LogP contribution is -2.30. The Morgan fingerprint density at radius 2 is 2.07 bits per heavy atom. The third kappa shape index (κ3) is 2.17. The van der Waals surface area contributed by atoms with Gasteiger partial charge in [-0.25, -0.2) is 0 Å². The maximum Gasteiger partial charge on any atom is 0.0440 e. The molecule has 1 atom stereocenters. The molecule has 15 heavy (non-hydrogen) atoms. The molecule has 1 heterocycles. The first-order valence-corrected chi connectivity index (χ1v) is 5.72. The van der Waals surface area contributed by atoms with E-state index < -0.39 is 0 Å². The molecule has 0 spiro atoms. The number of halogens is 1. The average Bonchev–Trinajstić information content (AvgIpc) is 2.69. The van der Waals surface area contributed by atoms with Gasteiger partial charge in [-0.15, -0.1) is 0 Å². The van der Waals surface area contributed by atoms with E-state index in [1.807, 2.05) is 12.1 Å². The van der Waals surface area contributed by atoms with Crippen molar-refractivity contribution >= 4 is 11.6 Å². The highest BCUT2D eigenvalue weighted by Gasteiger charge is 2.34. The minimum Gasteiger partial charge on any atom is -0.396 e. The molecule has 0 radical (unpaired) electrons. The van der Waals surface area contributed by atoms with Gasteiger partial charge in [0.1, 0.15) is 0 Å². The Balaban J connectivity index is 2.28. The summed E-state index contributed by atoms with van der Waals surface area (Å²) in [6.07, 6.45) is 1.91. The van der Waals surface area contributed by atoms with E-state index in [1.165, 1.54) is 5.56 Å². The fourth-order valence-corrected chi connectivity index (χ4v) is 2.49. The van der Waals surface area contributed by atoms with Gasteiger partial charge in [-0.1, -0.05) is 23.7 Å². The van der Waals surface area contributed by atoms with E-state index in [9.17, 15) is 0 Å². The number of hydrogen-bond acceptors (Lipinski definition) is 2. The van der Waals surface area contributed by atoms with Gasteiger partial charge in [0, 0.05) is 23.6 Å². The lowest BCUT2D eigenvalue weighted by atomic mass is 9.77. The molecule has 1 aromatic carbocycles. The molecule has 82 valence electrons. The normalized spacial score (nSPS) is 25.7. The molecule has 2 N–H and O–H groups in total. The van der Waals surface area contributed by atoms with Crippen LogP contribution in [0.2, 0.25) is 5.02 Å². The number of aliphatic hydroxyl groups excluding tert-OH is 1. The van der Waals surface area contributed by atoms with Crippen molar-refractivity contribution in [1.29, 1.82) is 0 Å². The van der Waals surface area contributed by atoms with Crippen LogP contribution in [0.3, 0.4) is 0 Å². The zero-order valence-corrected chi connectivity index (χ0v) is 9.43. The first-order chi connectivity index (χ1) is 7.27. The topological polar surface area (TPSA) is 32.3 Å².